The minimum Gasteiger partial charge on any atom is -0.324 e. The highest BCUT2D eigenvalue weighted by molar-refractivity contribution is 6.31. The van der Waals surface area contributed by atoms with E-state index in [0.29, 0.717) is 0 Å². The highest BCUT2D eigenvalue weighted by Gasteiger charge is 2.18. The Kier molecular flexibility index (Phi) is 6.49. The zero-order valence-corrected chi connectivity index (χ0v) is 14.0. The first kappa shape index (κ1) is 16.8. The molecule has 1 atom stereocenters. The van der Waals surface area contributed by atoms with Crippen LogP contribution in [0.1, 0.15) is 31.9 Å². The number of piperazine rings is 1. The Morgan fingerprint density at radius 1 is 1.10 bits per heavy atom. The van der Waals surface area contributed by atoms with Crippen molar-refractivity contribution in [3.05, 3.63) is 34.9 Å². The number of hydrogen-bond acceptors (Lipinski definition) is 3. The van der Waals surface area contributed by atoms with Crippen LogP contribution in [0, 0.1) is 5.92 Å². The molecule has 0 saturated carbocycles. The lowest BCUT2D eigenvalue weighted by Crippen LogP contribution is -2.47. The molecule has 4 heteroatoms. The highest BCUT2D eigenvalue weighted by Crippen LogP contribution is 2.23. The van der Waals surface area contributed by atoms with Crippen molar-refractivity contribution in [2.24, 2.45) is 11.7 Å². The fourth-order valence-corrected chi connectivity index (χ4v) is 3.24. The summed E-state index contributed by atoms with van der Waals surface area (Å²) in [6.07, 6.45) is 0.966. The average Bonchev–Trinajstić information content (AvgIpc) is 2.46. The summed E-state index contributed by atoms with van der Waals surface area (Å²) in [5, 5.41) is 0.784. The third kappa shape index (κ3) is 5.26. The average molecular weight is 310 g/mol. The Balaban J connectivity index is 1.73. The summed E-state index contributed by atoms with van der Waals surface area (Å²) in [7, 11) is 0. The highest BCUT2D eigenvalue weighted by atomic mass is 35.5. The molecule has 3 nitrogen and oxygen atoms in total. The molecule has 0 aliphatic carbocycles. The number of benzene rings is 1. The molecular formula is C17H28ClN3. The summed E-state index contributed by atoms with van der Waals surface area (Å²) in [4.78, 5) is 5.09. The normalized spacial score (nSPS) is 19.1. The topological polar surface area (TPSA) is 32.5 Å². The van der Waals surface area contributed by atoms with E-state index in [1.54, 1.807) is 0 Å². The van der Waals surface area contributed by atoms with Crippen LogP contribution in [0.25, 0.3) is 0 Å². The number of nitrogens with two attached hydrogens (primary N) is 1. The van der Waals surface area contributed by atoms with Crippen LogP contribution in [-0.2, 0) is 0 Å². The number of nitrogens with zero attached hydrogens (tertiary/aromatic N) is 2. The van der Waals surface area contributed by atoms with E-state index >= 15 is 0 Å². The first-order chi connectivity index (χ1) is 10.1. The van der Waals surface area contributed by atoms with E-state index in [2.05, 4.69) is 23.6 Å². The van der Waals surface area contributed by atoms with Gasteiger partial charge in [0.25, 0.3) is 0 Å². The van der Waals surface area contributed by atoms with Crippen LogP contribution in [-0.4, -0.2) is 49.1 Å². The van der Waals surface area contributed by atoms with Gasteiger partial charge < -0.3 is 15.5 Å². The predicted molar refractivity (Wildman–Crippen MR) is 90.7 cm³/mol. The Hall–Kier alpha value is -0.610. The maximum Gasteiger partial charge on any atom is 0.0453 e. The van der Waals surface area contributed by atoms with Gasteiger partial charge in [-0.2, -0.15) is 0 Å². The molecule has 1 saturated heterocycles. The maximum atomic E-state index is 6.28. The van der Waals surface area contributed by atoms with Crippen molar-refractivity contribution in [2.45, 2.75) is 26.3 Å². The van der Waals surface area contributed by atoms with Crippen LogP contribution in [0.5, 0.6) is 0 Å². The van der Waals surface area contributed by atoms with E-state index in [1.807, 2.05) is 24.3 Å². The molecule has 0 aromatic heterocycles. The van der Waals surface area contributed by atoms with Crippen molar-refractivity contribution in [1.29, 1.82) is 0 Å². The monoisotopic (exact) mass is 309 g/mol. The molecule has 1 heterocycles. The molecule has 0 radical (unpaired) electrons. The molecule has 1 aliphatic heterocycles. The quantitative estimate of drug-likeness (QED) is 0.877. The standard InChI is InChI=1S/C17H28ClN3/c1-14(2)13-21-11-9-20(10-12-21)8-7-17(19)15-5-3-4-6-16(15)18/h3-6,14,17H,7-13,19H2,1-2H3. The van der Waals surface area contributed by atoms with E-state index in [-0.39, 0.29) is 6.04 Å². The van der Waals surface area contributed by atoms with Crippen molar-refractivity contribution in [3.8, 4) is 0 Å². The Morgan fingerprint density at radius 2 is 1.71 bits per heavy atom. The van der Waals surface area contributed by atoms with Crippen molar-refractivity contribution in [3.63, 3.8) is 0 Å². The van der Waals surface area contributed by atoms with Crippen molar-refractivity contribution in [2.75, 3.05) is 39.3 Å². The molecule has 1 aromatic carbocycles. The van der Waals surface area contributed by atoms with Crippen LogP contribution in [0.2, 0.25) is 5.02 Å². The van der Waals surface area contributed by atoms with Gasteiger partial charge in [0, 0.05) is 50.3 Å². The van der Waals surface area contributed by atoms with Gasteiger partial charge in [-0.3, -0.25) is 0 Å². The Bertz CT molecular complexity index is 428. The molecule has 1 fully saturated rings. The molecule has 2 N–H and O–H groups in total. The predicted octanol–water partition coefficient (Wildman–Crippen LogP) is 3.00. The van der Waals surface area contributed by atoms with Crippen LogP contribution < -0.4 is 5.73 Å². The van der Waals surface area contributed by atoms with Crippen LogP contribution >= 0.6 is 11.6 Å². The van der Waals surface area contributed by atoms with Gasteiger partial charge in [0.2, 0.25) is 0 Å². The first-order valence-electron chi connectivity index (χ1n) is 8.01. The van der Waals surface area contributed by atoms with Crippen molar-refractivity contribution < 1.29 is 0 Å². The summed E-state index contributed by atoms with van der Waals surface area (Å²) >= 11 is 6.21. The zero-order valence-electron chi connectivity index (χ0n) is 13.3. The summed E-state index contributed by atoms with van der Waals surface area (Å²) in [5.41, 5.74) is 7.35. The first-order valence-corrected chi connectivity index (χ1v) is 8.38. The molecule has 1 aromatic rings. The van der Waals surface area contributed by atoms with E-state index < -0.39 is 0 Å². The lowest BCUT2D eigenvalue weighted by Gasteiger charge is -2.35. The molecule has 0 amide bonds. The van der Waals surface area contributed by atoms with Gasteiger partial charge in [-0.15, -0.1) is 0 Å². The van der Waals surface area contributed by atoms with E-state index in [9.17, 15) is 0 Å². The molecule has 2 rings (SSSR count). The lowest BCUT2D eigenvalue weighted by atomic mass is 10.0. The third-order valence-corrected chi connectivity index (χ3v) is 4.49. The van der Waals surface area contributed by atoms with Gasteiger partial charge in [0.1, 0.15) is 0 Å². The SMILES string of the molecule is CC(C)CN1CCN(CCC(N)c2ccccc2Cl)CC1. The van der Waals surface area contributed by atoms with Gasteiger partial charge in [-0.25, -0.2) is 0 Å². The van der Waals surface area contributed by atoms with E-state index in [0.717, 1.165) is 42.6 Å². The molecule has 1 unspecified atom stereocenters. The third-order valence-electron chi connectivity index (χ3n) is 4.15. The molecule has 21 heavy (non-hydrogen) atoms. The maximum absolute atomic E-state index is 6.28. The largest absolute Gasteiger partial charge is 0.324 e. The fraction of sp³-hybridized carbons (Fsp3) is 0.647. The summed E-state index contributed by atoms with van der Waals surface area (Å²) < 4.78 is 0. The summed E-state index contributed by atoms with van der Waals surface area (Å²) in [6, 6.07) is 7.94. The van der Waals surface area contributed by atoms with Crippen molar-refractivity contribution in [1.82, 2.24) is 9.80 Å². The number of rotatable bonds is 6. The van der Waals surface area contributed by atoms with Crippen LogP contribution in [0.3, 0.4) is 0 Å². The van der Waals surface area contributed by atoms with E-state index in [1.165, 1.54) is 19.6 Å². The van der Waals surface area contributed by atoms with E-state index in [4.69, 9.17) is 17.3 Å². The molecule has 0 spiro atoms. The molecule has 118 valence electrons. The minimum absolute atomic E-state index is 0.0346. The second-order valence-corrected chi connectivity index (χ2v) is 6.86. The number of hydrogen-bond donors (Lipinski definition) is 1. The number of halogens is 1. The zero-order chi connectivity index (χ0) is 15.2. The second kappa shape index (κ2) is 8.14. The smallest absolute Gasteiger partial charge is 0.0453 e. The van der Waals surface area contributed by atoms with Gasteiger partial charge in [-0.1, -0.05) is 43.6 Å². The van der Waals surface area contributed by atoms with Gasteiger partial charge in [-0.05, 0) is 24.0 Å². The second-order valence-electron chi connectivity index (χ2n) is 6.45. The van der Waals surface area contributed by atoms with Crippen molar-refractivity contribution >= 4 is 11.6 Å². The fourth-order valence-electron chi connectivity index (χ4n) is 2.96. The molecule has 1 aliphatic rings. The van der Waals surface area contributed by atoms with Crippen LogP contribution in [0.4, 0.5) is 0 Å². The minimum atomic E-state index is 0.0346. The molecular weight excluding hydrogens is 282 g/mol. The van der Waals surface area contributed by atoms with Crippen LogP contribution in [0.15, 0.2) is 24.3 Å². The van der Waals surface area contributed by atoms with Gasteiger partial charge in [0.05, 0.1) is 0 Å². The molecule has 0 bridgehead atoms. The van der Waals surface area contributed by atoms with Gasteiger partial charge in [0.15, 0.2) is 0 Å². The summed E-state index contributed by atoms with van der Waals surface area (Å²) in [5.74, 6) is 0.755. The Labute approximate surface area is 134 Å². The summed E-state index contributed by atoms with van der Waals surface area (Å²) in [6.45, 7) is 11.5. The van der Waals surface area contributed by atoms with Gasteiger partial charge >= 0.3 is 0 Å². The Morgan fingerprint density at radius 3 is 2.33 bits per heavy atom. The lowest BCUT2D eigenvalue weighted by molar-refractivity contribution is 0.120.